The van der Waals surface area contributed by atoms with Crippen LogP contribution in [0.15, 0.2) is 48.5 Å². The fourth-order valence-electron chi connectivity index (χ4n) is 3.64. The number of amides is 3. The normalized spacial score (nSPS) is 19.0. The molecule has 164 valence electrons. The fourth-order valence-corrected chi connectivity index (χ4v) is 3.64. The monoisotopic (exact) mass is 434 g/mol. The van der Waals surface area contributed by atoms with Crippen molar-refractivity contribution in [2.75, 3.05) is 5.32 Å². The molecular weight excluding hydrogens is 413 g/mol. The molecule has 2 aromatic rings. The van der Waals surface area contributed by atoms with Crippen LogP contribution in [0.2, 0.25) is 0 Å². The van der Waals surface area contributed by atoms with E-state index in [1.807, 2.05) is 6.92 Å². The van der Waals surface area contributed by atoms with E-state index >= 15 is 0 Å². The Hall–Kier alpha value is -3.36. The van der Waals surface area contributed by atoms with Crippen LogP contribution in [0.4, 0.5) is 18.9 Å². The Morgan fingerprint density at radius 3 is 2.29 bits per heavy atom. The lowest BCUT2D eigenvalue weighted by Crippen LogP contribution is -2.51. The molecule has 1 fully saturated rings. The van der Waals surface area contributed by atoms with Gasteiger partial charge in [0.1, 0.15) is 5.75 Å². The van der Waals surface area contributed by atoms with Crippen LogP contribution in [-0.4, -0.2) is 24.1 Å². The molecule has 1 heterocycles. The van der Waals surface area contributed by atoms with Crippen LogP contribution < -0.4 is 15.4 Å². The lowest BCUT2D eigenvalue weighted by Gasteiger charge is -2.35. The summed E-state index contributed by atoms with van der Waals surface area (Å²) in [5, 5.41) is 5.11. The Kier molecular flexibility index (Phi) is 6.33. The van der Waals surface area contributed by atoms with E-state index in [-0.39, 0.29) is 36.3 Å². The maximum atomic E-state index is 12.5. The number of hydrogen-bond donors (Lipinski definition) is 2. The van der Waals surface area contributed by atoms with Gasteiger partial charge in [-0.3, -0.25) is 19.7 Å². The summed E-state index contributed by atoms with van der Waals surface area (Å²) in [4.78, 5) is 36.2. The molecule has 0 bridgehead atoms. The lowest BCUT2D eigenvalue weighted by atomic mass is 9.72. The average molecular weight is 434 g/mol. The molecule has 2 N–H and O–H groups in total. The van der Waals surface area contributed by atoms with Crippen LogP contribution in [0.5, 0.6) is 5.75 Å². The summed E-state index contributed by atoms with van der Waals surface area (Å²) in [6.45, 7) is 1.89. The van der Waals surface area contributed by atoms with Crippen molar-refractivity contribution in [3.8, 4) is 5.75 Å². The van der Waals surface area contributed by atoms with Gasteiger partial charge >= 0.3 is 6.36 Å². The van der Waals surface area contributed by atoms with E-state index < -0.39 is 11.8 Å². The van der Waals surface area contributed by atoms with Crippen LogP contribution in [0.3, 0.4) is 0 Å². The van der Waals surface area contributed by atoms with Crippen molar-refractivity contribution in [3.63, 3.8) is 0 Å². The number of piperidine rings is 1. The number of carbonyl (C=O) groups is 3. The molecule has 1 atom stereocenters. The Bertz CT molecular complexity index is 972. The highest BCUT2D eigenvalue weighted by Crippen LogP contribution is 2.36. The van der Waals surface area contributed by atoms with Gasteiger partial charge in [0.15, 0.2) is 0 Å². The van der Waals surface area contributed by atoms with E-state index in [2.05, 4.69) is 15.4 Å². The van der Waals surface area contributed by atoms with Crippen LogP contribution in [-0.2, 0) is 26.2 Å². The summed E-state index contributed by atoms with van der Waals surface area (Å²) in [7, 11) is 0. The van der Waals surface area contributed by atoms with Gasteiger partial charge in [0.2, 0.25) is 17.7 Å². The second-order valence-electron chi connectivity index (χ2n) is 7.31. The van der Waals surface area contributed by atoms with Crippen LogP contribution in [0.1, 0.15) is 37.3 Å². The van der Waals surface area contributed by atoms with Crippen molar-refractivity contribution in [2.24, 2.45) is 0 Å². The number of nitrogens with one attached hydrogen (secondary N) is 2. The number of benzene rings is 2. The maximum Gasteiger partial charge on any atom is 0.573 e. The minimum absolute atomic E-state index is 0.0303. The molecule has 0 aromatic heterocycles. The molecule has 1 aliphatic heterocycles. The van der Waals surface area contributed by atoms with E-state index in [9.17, 15) is 27.6 Å². The molecule has 0 spiro atoms. The van der Waals surface area contributed by atoms with Gasteiger partial charge in [0, 0.05) is 12.1 Å². The van der Waals surface area contributed by atoms with Crippen molar-refractivity contribution < 1.29 is 32.3 Å². The summed E-state index contributed by atoms with van der Waals surface area (Å²) in [5.41, 5.74) is 1.02. The second-order valence-corrected chi connectivity index (χ2v) is 7.31. The third-order valence-electron chi connectivity index (χ3n) is 5.31. The SMILES string of the molecule is CCC1(c2ccc(NC(=O)Cc3ccc(OC(F)(F)F)cc3)cc2)CCC(=O)NC1=O. The van der Waals surface area contributed by atoms with Crippen LogP contribution >= 0.6 is 0 Å². The van der Waals surface area contributed by atoms with Gasteiger partial charge in [-0.05, 0) is 48.2 Å². The number of rotatable bonds is 6. The molecule has 1 saturated heterocycles. The second kappa shape index (κ2) is 8.79. The standard InChI is InChI=1S/C22H21F3N2O4/c1-2-21(12-11-18(28)27-20(21)30)15-5-7-16(8-6-15)26-19(29)13-14-3-9-17(10-4-14)31-22(23,24)25/h3-10H,2,11-13H2,1H3,(H,26,29)(H,27,28,30). The molecule has 0 saturated carbocycles. The predicted molar refractivity (Wildman–Crippen MR) is 106 cm³/mol. The van der Waals surface area contributed by atoms with Crippen LogP contribution in [0, 0.1) is 0 Å². The van der Waals surface area contributed by atoms with Crippen molar-refractivity contribution in [3.05, 3.63) is 59.7 Å². The highest BCUT2D eigenvalue weighted by atomic mass is 19.4. The number of alkyl halides is 3. The molecule has 0 aliphatic carbocycles. The van der Waals surface area contributed by atoms with Gasteiger partial charge in [0.25, 0.3) is 0 Å². The third kappa shape index (κ3) is 5.42. The maximum absolute atomic E-state index is 12.5. The smallest absolute Gasteiger partial charge is 0.406 e. The molecule has 0 radical (unpaired) electrons. The number of hydrogen-bond acceptors (Lipinski definition) is 4. The van der Waals surface area contributed by atoms with Gasteiger partial charge in [-0.1, -0.05) is 31.2 Å². The molecule has 1 aliphatic rings. The van der Waals surface area contributed by atoms with Crippen LogP contribution in [0.25, 0.3) is 0 Å². The molecule has 9 heteroatoms. The predicted octanol–water partition coefficient (Wildman–Crippen LogP) is 3.85. The van der Waals surface area contributed by atoms with Gasteiger partial charge in [-0.2, -0.15) is 0 Å². The molecule has 3 rings (SSSR count). The number of ether oxygens (including phenoxy) is 1. The first-order chi connectivity index (χ1) is 14.6. The van der Waals surface area contributed by atoms with Crippen molar-refractivity contribution in [1.29, 1.82) is 0 Å². The minimum atomic E-state index is -4.77. The molecule has 6 nitrogen and oxygen atoms in total. The van der Waals surface area contributed by atoms with Crippen molar-refractivity contribution in [1.82, 2.24) is 5.32 Å². The number of halogens is 3. The molecule has 31 heavy (non-hydrogen) atoms. The van der Waals surface area contributed by atoms with Gasteiger partial charge in [-0.25, -0.2) is 0 Å². The fraction of sp³-hybridized carbons (Fsp3) is 0.318. The highest BCUT2D eigenvalue weighted by molar-refractivity contribution is 6.03. The number of anilines is 1. The quantitative estimate of drug-likeness (QED) is 0.677. The zero-order valence-electron chi connectivity index (χ0n) is 16.7. The van der Waals surface area contributed by atoms with Crippen molar-refractivity contribution in [2.45, 2.75) is 44.4 Å². The Morgan fingerprint density at radius 1 is 1.10 bits per heavy atom. The topological polar surface area (TPSA) is 84.5 Å². The number of carbonyl (C=O) groups excluding carboxylic acids is 3. The van der Waals surface area contributed by atoms with E-state index in [1.54, 1.807) is 24.3 Å². The Morgan fingerprint density at radius 2 is 1.74 bits per heavy atom. The van der Waals surface area contributed by atoms with E-state index in [4.69, 9.17) is 0 Å². The number of imide groups is 1. The average Bonchev–Trinajstić information content (AvgIpc) is 2.70. The lowest BCUT2D eigenvalue weighted by molar-refractivity contribution is -0.274. The van der Waals surface area contributed by atoms with Gasteiger partial charge < -0.3 is 10.1 Å². The summed E-state index contributed by atoms with van der Waals surface area (Å²) >= 11 is 0. The summed E-state index contributed by atoms with van der Waals surface area (Å²) < 4.78 is 40.4. The molecule has 3 amide bonds. The minimum Gasteiger partial charge on any atom is -0.406 e. The summed E-state index contributed by atoms with van der Waals surface area (Å²) in [6, 6.07) is 11.9. The van der Waals surface area contributed by atoms with Crippen molar-refractivity contribution >= 4 is 23.4 Å². The first-order valence-electron chi connectivity index (χ1n) is 9.71. The van der Waals surface area contributed by atoms with Gasteiger partial charge in [0.05, 0.1) is 11.8 Å². The first kappa shape index (κ1) is 22.3. The molecule has 2 aromatic carbocycles. The Labute approximate surface area is 176 Å². The van der Waals surface area contributed by atoms with E-state index in [0.29, 0.717) is 24.1 Å². The first-order valence-corrected chi connectivity index (χ1v) is 9.71. The molecular formula is C22H21F3N2O4. The zero-order valence-corrected chi connectivity index (χ0v) is 16.7. The molecule has 1 unspecified atom stereocenters. The summed E-state index contributed by atoms with van der Waals surface area (Å²) in [6.07, 6.45) is -3.57. The van der Waals surface area contributed by atoms with Gasteiger partial charge in [-0.15, -0.1) is 13.2 Å². The van der Waals surface area contributed by atoms with E-state index in [1.165, 1.54) is 12.1 Å². The zero-order chi connectivity index (χ0) is 22.6. The largest absolute Gasteiger partial charge is 0.573 e. The Balaban J connectivity index is 1.62. The highest BCUT2D eigenvalue weighted by Gasteiger charge is 2.42. The van der Waals surface area contributed by atoms with E-state index in [0.717, 1.165) is 17.7 Å². The third-order valence-corrected chi connectivity index (χ3v) is 5.31. The summed E-state index contributed by atoms with van der Waals surface area (Å²) in [5.74, 6) is -1.30.